The number of para-hydroxylation sites is 1. The summed E-state index contributed by atoms with van der Waals surface area (Å²) in [6, 6.07) is 11.1. The topological polar surface area (TPSA) is 79.4 Å². The van der Waals surface area contributed by atoms with Crippen molar-refractivity contribution in [1.82, 2.24) is 19.8 Å². The standard InChI is InChI=1S/C31H42N4O3S/c1-19-15-27(39-6)25(29(36)33-19)16-32-30(37)28-21(3)35(26-10-8-7-9-24(26)28)20(2)22-11-13-23(14-12-22)34(5)31(4)17-38-18-31/h7-10,15,20,22-23H,11-14,16-18H2,1-6H3,(H,32,37)(H,33,36)/t20-,22?,23?/m1/s1. The number of pyridine rings is 1. The number of aromatic amines is 1. The Hall–Kier alpha value is -2.55. The molecular formula is C31H42N4O3S. The van der Waals surface area contributed by atoms with E-state index < -0.39 is 0 Å². The summed E-state index contributed by atoms with van der Waals surface area (Å²) in [7, 11) is 2.26. The molecule has 1 aromatic carbocycles. The van der Waals surface area contributed by atoms with Crippen molar-refractivity contribution in [3.8, 4) is 0 Å². The molecule has 1 aliphatic carbocycles. The third kappa shape index (κ3) is 5.19. The lowest BCUT2D eigenvalue weighted by molar-refractivity contribution is -0.139. The lowest BCUT2D eigenvalue weighted by atomic mass is 9.80. The fraction of sp³-hybridized carbons (Fsp3) is 0.548. The van der Waals surface area contributed by atoms with E-state index in [4.69, 9.17) is 4.74 Å². The van der Waals surface area contributed by atoms with Crippen LogP contribution >= 0.6 is 11.8 Å². The average Bonchev–Trinajstić information content (AvgIpc) is 3.21. The zero-order valence-corrected chi connectivity index (χ0v) is 24.9. The van der Waals surface area contributed by atoms with E-state index in [2.05, 4.69) is 59.7 Å². The monoisotopic (exact) mass is 550 g/mol. The normalized spacial score (nSPS) is 21.6. The van der Waals surface area contributed by atoms with E-state index in [1.807, 2.05) is 31.4 Å². The Balaban J connectivity index is 1.36. The molecule has 1 saturated carbocycles. The highest BCUT2D eigenvalue weighted by Crippen LogP contribution is 2.40. The van der Waals surface area contributed by atoms with Gasteiger partial charge in [0, 0.05) is 51.4 Å². The van der Waals surface area contributed by atoms with Crippen LogP contribution in [0.3, 0.4) is 0 Å². The Morgan fingerprint density at radius 3 is 2.56 bits per heavy atom. The van der Waals surface area contributed by atoms with Crippen molar-refractivity contribution in [2.24, 2.45) is 5.92 Å². The van der Waals surface area contributed by atoms with E-state index in [9.17, 15) is 9.59 Å². The summed E-state index contributed by atoms with van der Waals surface area (Å²) in [4.78, 5) is 32.6. The number of thioether (sulfide) groups is 1. The first-order valence-corrected chi connectivity index (χ1v) is 15.3. The number of carbonyl (C=O) groups is 1. The molecule has 39 heavy (non-hydrogen) atoms. The Labute approximate surface area is 235 Å². The first kappa shape index (κ1) is 28.0. The third-order valence-corrected chi connectivity index (χ3v) is 10.1. The second kappa shape index (κ2) is 11.1. The highest BCUT2D eigenvalue weighted by atomic mass is 32.2. The molecule has 0 bridgehead atoms. The highest BCUT2D eigenvalue weighted by Gasteiger charge is 2.42. The van der Waals surface area contributed by atoms with Crippen molar-refractivity contribution in [2.75, 3.05) is 26.5 Å². The van der Waals surface area contributed by atoms with Gasteiger partial charge >= 0.3 is 0 Å². The van der Waals surface area contributed by atoms with Crippen LogP contribution in [-0.2, 0) is 11.3 Å². The summed E-state index contributed by atoms with van der Waals surface area (Å²) in [6.07, 6.45) is 6.68. The summed E-state index contributed by atoms with van der Waals surface area (Å²) in [5, 5.41) is 4.02. The number of hydrogen-bond acceptors (Lipinski definition) is 5. The number of fused-ring (bicyclic) bond motifs is 1. The number of amides is 1. The quantitative estimate of drug-likeness (QED) is 0.365. The Bertz CT molecular complexity index is 1420. The van der Waals surface area contributed by atoms with Gasteiger partial charge in [-0.2, -0.15) is 0 Å². The molecular weight excluding hydrogens is 508 g/mol. The number of carbonyl (C=O) groups excluding carboxylic acids is 1. The van der Waals surface area contributed by atoms with Crippen LogP contribution in [0.2, 0.25) is 0 Å². The van der Waals surface area contributed by atoms with Crippen molar-refractivity contribution < 1.29 is 9.53 Å². The van der Waals surface area contributed by atoms with Crippen LogP contribution in [0.4, 0.5) is 0 Å². The maximum absolute atomic E-state index is 13.6. The minimum absolute atomic E-state index is 0.136. The second-order valence-electron chi connectivity index (χ2n) is 11.8. The number of rotatable bonds is 8. The molecule has 8 heteroatoms. The number of nitrogens with one attached hydrogen (secondary N) is 2. The van der Waals surface area contributed by atoms with Crippen LogP contribution in [-0.4, -0.2) is 58.5 Å². The third-order valence-electron chi connectivity index (χ3n) is 9.31. The first-order chi connectivity index (χ1) is 18.6. The molecule has 3 aromatic rings. The van der Waals surface area contributed by atoms with Crippen LogP contribution in [0.25, 0.3) is 10.9 Å². The summed E-state index contributed by atoms with van der Waals surface area (Å²) in [6.45, 7) is 10.4. The predicted octanol–water partition coefficient (Wildman–Crippen LogP) is 5.44. The minimum atomic E-state index is -0.146. The van der Waals surface area contributed by atoms with Gasteiger partial charge in [0.05, 0.1) is 24.3 Å². The van der Waals surface area contributed by atoms with Gasteiger partial charge in [0.1, 0.15) is 0 Å². The highest BCUT2D eigenvalue weighted by molar-refractivity contribution is 7.98. The van der Waals surface area contributed by atoms with Crippen LogP contribution in [0.15, 0.2) is 40.0 Å². The molecule has 2 N–H and O–H groups in total. The van der Waals surface area contributed by atoms with Gasteiger partial charge < -0.3 is 19.6 Å². The number of likely N-dealkylation sites (N-methyl/N-ethyl adjacent to an activating group) is 1. The first-order valence-electron chi connectivity index (χ1n) is 14.1. The van der Waals surface area contributed by atoms with Crippen molar-refractivity contribution in [3.63, 3.8) is 0 Å². The largest absolute Gasteiger partial charge is 0.377 e. The Morgan fingerprint density at radius 1 is 1.23 bits per heavy atom. The van der Waals surface area contributed by atoms with E-state index >= 15 is 0 Å². The zero-order valence-electron chi connectivity index (χ0n) is 24.1. The smallest absolute Gasteiger partial charge is 0.254 e. The molecule has 1 aliphatic heterocycles. The van der Waals surface area contributed by atoms with Gasteiger partial charge in [0.15, 0.2) is 0 Å². The molecule has 5 rings (SSSR count). The van der Waals surface area contributed by atoms with E-state index in [1.54, 1.807) is 0 Å². The van der Waals surface area contributed by atoms with Gasteiger partial charge in [-0.1, -0.05) is 18.2 Å². The van der Waals surface area contributed by atoms with Crippen molar-refractivity contribution in [1.29, 1.82) is 0 Å². The van der Waals surface area contributed by atoms with Crippen LogP contribution in [0.1, 0.15) is 72.9 Å². The van der Waals surface area contributed by atoms with Crippen molar-refractivity contribution in [2.45, 2.75) is 82.4 Å². The predicted molar refractivity (Wildman–Crippen MR) is 159 cm³/mol. The number of ether oxygens (including phenoxy) is 1. The fourth-order valence-electron chi connectivity index (χ4n) is 6.72. The van der Waals surface area contributed by atoms with Gasteiger partial charge in [0.25, 0.3) is 11.5 Å². The number of benzene rings is 1. The van der Waals surface area contributed by atoms with Gasteiger partial charge in [-0.15, -0.1) is 11.8 Å². The number of aryl methyl sites for hydroxylation is 1. The lowest BCUT2D eigenvalue weighted by Gasteiger charge is -2.50. The van der Waals surface area contributed by atoms with Crippen LogP contribution < -0.4 is 10.9 Å². The Morgan fingerprint density at radius 2 is 1.92 bits per heavy atom. The molecule has 2 aromatic heterocycles. The summed E-state index contributed by atoms with van der Waals surface area (Å²) in [5.41, 5.74) is 4.25. The van der Waals surface area contributed by atoms with Gasteiger partial charge in [-0.05, 0) is 84.7 Å². The summed E-state index contributed by atoms with van der Waals surface area (Å²) >= 11 is 1.52. The molecule has 1 amide bonds. The average molecular weight is 551 g/mol. The van der Waals surface area contributed by atoms with E-state index in [0.717, 1.165) is 40.4 Å². The Kier molecular flexibility index (Phi) is 8.00. The summed E-state index contributed by atoms with van der Waals surface area (Å²) < 4.78 is 7.89. The minimum Gasteiger partial charge on any atom is -0.377 e. The zero-order chi connectivity index (χ0) is 27.9. The van der Waals surface area contributed by atoms with Gasteiger partial charge in [0.2, 0.25) is 0 Å². The molecule has 0 radical (unpaired) electrons. The molecule has 2 aliphatic rings. The van der Waals surface area contributed by atoms with Crippen LogP contribution in [0, 0.1) is 19.8 Å². The molecule has 210 valence electrons. The maximum Gasteiger partial charge on any atom is 0.254 e. The maximum atomic E-state index is 13.6. The van der Waals surface area contributed by atoms with Crippen LogP contribution in [0.5, 0.6) is 0 Å². The van der Waals surface area contributed by atoms with Crippen molar-refractivity contribution >= 4 is 28.6 Å². The number of hydrogen-bond donors (Lipinski definition) is 2. The molecule has 2 fully saturated rings. The second-order valence-corrected chi connectivity index (χ2v) is 12.6. The lowest BCUT2D eigenvalue weighted by Crippen LogP contribution is -2.62. The molecule has 1 atom stereocenters. The van der Waals surface area contributed by atoms with E-state index in [0.29, 0.717) is 23.1 Å². The number of nitrogens with zero attached hydrogens (tertiary/aromatic N) is 2. The van der Waals surface area contributed by atoms with Crippen molar-refractivity contribution in [3.05, 3.63) is 63.2 Å². The molecule has 0 unspecified atom stereocenters. The molecule has 1 saturated heterocycles. The van der Waals surface area contributed by atoms with Gasteiger partial charge in [-0.3, -0.25) is 14.5 Å². The molecule has 7 nitrogen and oxygen atoms in total. The molecule has 3 heterocycles. The number of aromatic nitrogens is 2. The van der Waals surface area contributed by atoms with Gasteiger partial charge in [-0.25, -0.2) is 0 Å². The van der Waals surface area contributed by atoms with E-state index in [1.165, 1.54) is 37.4 Å². The SMILES string of the molecule is CSc1cc(C)[nH]c(=O)c1CNC(=O)c1c(C)n([C@H](C)C2CCC(N(C)C3(C)COC3)CC2)c2ccccc12. The fourth-order valence-corrected chi connectivity index (χ4v) is 7.43. The van der Waals surface area contributed by atoms with E-state index in [-0.39, 0.29) is 29.6 Å². The summed E-state index contributed by atoms with van der Waals surface area (Å²) in [5.74, 6) is 0.420. The number of H-pyrrole nitrogens is 1. The molecule has 0 spiro atoms.